The fourth-order valence-corrected chi connectivity index (χ4v) is 1.43. The molecule has 0 fully saturated rings. The van der Waals surface area contributed by atoms with Gasteiger partial charge in [0, 0.05) is 12.5 Å². The Balaban J connectivity index is 2.55. The molecule has 0 bridgehead atoms. The second-order valence-electron chi connectivity index (χ2n) is 4.02. The zero-order chi connectivity index (χ0) is 12.1. The van der Waals surface area contributed by atoms with Crippen molar-refractivity contribution in [2.75, 3.05) is 0 Å². The zero-order valence-corrected chi connectivity index (χ0v) is 9.53. The molecule has 0 aliphatic heterocycles. The van der Waals surface area contributed by atoms with E-state index in [-0.39, 0.29) is 23.8 Å². The van der Waals surface area contributed by atoms with Crippen LogP contribution in [0.25, 0.3) is 0 Å². The summed E-state index contributed by atoms with van der Waals surface area (Å²) in [4.78, 5) is 11.4. The molecule has 3 nitrogen and oxygen atoms in total. The standard InChI is InChI=1S/C12H17FN2O/c1-8(14)7-12(16)15-9(2)10-3-5-11(13)6-4-10/h3-6,8-9H,7,14H2,1-2H3,(H,15,16)/t8?,9-/m1/s1. The highest BCUT2D eigenvalue weighted by atomic mass is 19.1. The van der Waals surface area contributed by atoms with Crippen molar-refractivity contribution in [3.8, 4) is 0 Å². The monoisotopic (exact) mass is 224 g/mol. The van der Waals surface area contributed by atoms with Crippen LogP contribution in [0, 0.1) is 5.82 Å². The molecule has 4 heteroatoms. The number of benzene rings is 1. The normalized spacial score (nSPS) is 14.2. The number of carbonyl (C=O) groups is 1. The van der Waals surface area contributed by atoms with E-state index in [0.29, 0.717) is 6.42 Å². The van der Waals surface area contributed by atoms with Gasteiger partial charge >= 0.3 is 0 Å². The molecule has 2 atom stereocenters. The lowest BCUT2D eigenvalue weighted by atomic mass is 10.1. The Morgan fingerprint density at radius 3 is 2.44 bits per heavy atom. The molecule has 0 saturated carbocycles. The highest BCUT2D eigenvalue weighted by Crippen LogP contribution is 2.12. The molecule has 0 saturated heterocycles. The quantitative estimate of drug-likeness (QED) is 0.818. The van der Waals surface area contributed by atoms with Gasteiger partial charge in [-0.3, -0.25) is 4.79 Å². The summed E-state index contributed by atoms with van der Waals surface area (Å²) in [5.41, 5.74) is 6.39. The van der Waals surface area contributed by atoms with E-state index < -0.39 is 0 Å². The molecule has 3 N–H and O–H groups in total. The van der Waals surface area contributed by atoms with E-state index in [4.69, 9.17) is 5.73 Å². The highest BCUT2D eigenvalue weighted by molar-refractivity contribution is 5.76. The van der Waals surface area contributed by atoms with E-state index in [0.717, 1.165) is 5.56 Å². The summed E-state index contributed by atoms with van der Waals surface area (Å²) >= 11 is 0. The van der Waals surface area contributed by atoms with Gasteiger partial charge in [-0.15, -0.1) is 0 Å². The predicted octanol–water partition coefficient (Wildman–Crippen LogP) is 1.74. The Morgan fingerprint density at radius 1 is 1.38 bits per heavy atom. The fourth-order valence-electron chi connectivity index (χ4n) is 1.43. The van der Waals surface area contributed by atoms with Crippen molar-refractivity contribution in [3.05, 3.63) is 35.6 Å². The second-order valence-corrected chi connectivity index (χ2v) is 4.02. The Labute approximate surface area is 94.8 Å². The summed E-state index contributed by atoms with van der Waals surface area (Å²) in [5, 5.41) is 2.81. The minimum Gasteiger partial charge on any atom is -0.350 e. The van der Waals surface area contributed by atoms with Gasteiger partial charge in [0.2, 0.25) is 5.91 Å². The summed E-state index contributed by atoms with van der Waals surface area (Å²) < 4.78 is 12.7. The first-order valence-corrected chi connectivity index (χ1v) is 5.29. The third-order valence-corrected chi connectivity index (χ3v) is 2.25. The molecule has 88 valence electrons. The Morgan fingerprint density at radius 2 is 1.94 bits per heavy atom. The van der Waals surface area contributed by atoms with Crippen LogP contribution >= 0.6 is 0 Å². The number of amides is 1. The minimum atomic E-state index is -0.280. The number of carbonyl (C=O) groups excluding carboxylic acids is 1. The van der Waals surface area contributed by atoms with Crippen molar-refractivity contribution >= 4 is 5.91 Å². The molecule has 0 aliphatic carbocycles. The molecular formula is C12H17FN2O. The molecular weight excluding hydrogens is 207 g/mol. The van der Waals surface area contributed by atoms with Crippen LogP contribution in [0.15, 0.2) is 24.3 Å². The van der Waals surface area contributed by atoms with Crippen molar-refractivity contribution in [3.63, 3.8) is 0 Å². The van der Waals surface area contributed by atoms with Gasteiger partial charge in [0.15, 0.2) is 0 Å². The molecule has 0 heterocycles. The summed E-state index contributed by atoms with van der Waals surface area (Å²) in [7, 11) is 0. The molecule has 0 aliphatic rings. The van der Waals surface area contributed by atoms with Gasteiger partial charge < -0.3 is 11.1 Å². The van der Waals surface area contributed by atoms with E-state index in [1.807, 2.05) is 6.92 Å². The van der Waals surface area contributed by atoms with Crippen LogP contribution in [0.4, 0.5) is 4.39 Å². The topological polar surface area (TPSA) is 55.1 Å². The molecule has 0 aromatic heterocycles. The van der Waals surface area contributed by atoms with Gasteiger partial charge in [0.25, 0.3) is 0 Å². The average Bonchev–Trinajstić information content (AvgIpc) is 2.16. The minimum absolute atomic E-state index is 0.0909. The Hall–Kier alpha value is -1.42. The lowest BCUT2D eigenvalue weighted by Crippen LogP contribution is -2.31. The molecule has 1 unspecified atom stereocenters. The van der Waals surface area contributed by atoms with Gasteiger partial charge in [-0.2, -0.15) is 0 Å². The molecule has 0 radical (unpaired) electrons. The summed E-state index contributed by atoms with van der Waals surface area (Å²) in [6, 6.07) is 5.79. The summed E-state index contributed by atoms with van der Waals surface area (Å²) in [6.45, 7) is 3.63. The van der Waals surface area contributed by atoms with Crippen LogP contribution in [-0.2, 0) is 4.79 Å². The van der Waals surface area contributed by atoms with Crippen LogP contribution in [0.5, 0.6) is 0 Å². The fraction of sp³-hybridized carbons (Fsp3) is 0.417. The first-order chi connectivity index (χ1) is 7.49. The smallest absolute Gasteiger partial charge is 0.222 e. The van der Waals surface area contributed by atoms with Gasteiger partial charge in [0.1, 0.15) is 5.82 Å². The van der Waals surface area contributed by atoms with Crippen molar-refractivity contribution in [1.29, 1.82) is 0 Å². The molecule has 1 rings (SSSR count). The number of hydrogen-bond acceptors (Lipinski definition) is 2. The van der Waals surface area contributed by atoms with E-state index >= 15 is 0 Å². The number of nitrogens with one attached hydrogen (secondary N) is 1. The maximum absolute atomic E-state index is 12.7. The largest absolute Gasteiger partial charge is 0.350 e. The van der Waals surface area contributed by atoms with Crippen molar-refractivity contribution in [2.45, 2.75) is 32.4 Å². The maximum Gasteiger partial charge on any atom is 0.222 e. The van der Waals surface area contributed by atoms with Crippen molar-refractivity contribution in [2.24, 2.45) is 5.73 Å². The van der Waals surface area contributed by atoms with Gasteiger partial charge in [-0.25, -0.2) is 4.39 Å². The SMILES string of the molecule is CC(N)CC(=O)N[C@H](C)c1ccc(F)cc1. The number of rotatable bonds is 4. The van der Waals surface area contributed by atoms with E-state index in [1.54, 1.807) is 19.1 Å². The van der Waals surface area contributed by atoms with Crippen molar-refractivity contribution in [1.82, 2.24) is 5.32 Å². The predicted molar refractivity (Wildman–Crippen MR) is 61.2 cm³/mol. The number of halogens is 1. The Kier molecular flexibility index (Phi) is 4.43. The second kappa shape index (κ2) is 5.61. The van der Waals surface area contributed by atoms with E-state index in [1.165, 1.54) is 12.1 Å². The summed E-state index contributed by atoms with van der Waals surface area (Å²) in [5.74, 6) is -0.371. The lowest BCUT2D eigenvalue weighted by molar-refractivity contribution is -0.122. The van der Waals surface area contributed by atoms with Crippen molar-refractivity contribution < 1.29 is 9.18 Å². The average molecular weight is 224 g/mol. The molecule has 1 aromatic carbocycles. The maximum atomic E-state index is 12.7. The van der Waals surface area contributed by atoms with Crippen LogP contribution in [0.1, 0.15) is 31.9 Å². The Bertz CT molecular complexity index is 349. The zero-order valence-electron chi connectivity index (χ0n) is 9.53. The third kappa shape index (κ3) is 3.98. The first-order valence-electron chi connectivity index (χ1n) is 5.29. The van der Waals surface area contributed by atoms with E-state index in [9.17, 15) is 9.18 Å². The number of nitrogens with two attached hydrogens (primary N) is 1. The van der Waals surface area contributed by atoms with Gasteiger partial charge in [-0.05, 0) is 31.5 Å². The third-order valence-electron chi connectivity index (χ3n) is 2.25. The van der Waals surface area contributed by atoms with Gasteiger partial charge in [0.05, 0.1) is 6.04 Å². The molecule has 0 spiro atoms. The van der Waals surface area contributed by atoms with Crippen LogP contribution < -0.4 is 11.1 Å². The summed E-state index contributed by atoms with van der Waals surface area (Å²) in [6.07, 6.45) is 0.297. The van der Waals surface area contributed by atoms with Crippen LogP contribution in [0.3, 0.4) is 0 Å². The number of hydrogen-bond donors (Lipinski definition) is 2. The lowest BCUT2D eigenvalue weighted by Gasteiger charge is -2.15. The van der Waals surface area contributed by atoms with Crippen LogP contribution in [0.2, 0.25) is 0 Å². The van der Waals surface area contributed by atoms with E-state index in [2.05, 4.69) is 5.32 Å². The first kappa shape index (κ1) is 12.6. The van der Waals surface area contributed by atoms with Gasteiger partial charge in [-0.1, -0.05) is 12.1 Å². The molecule has 16 heavy (non-hydrogen) atoms. The molecule has 1 amide bonds. The highest BCUT2D eigenvalue weighted by Gasteiger charge is 2.10. The molecule has 1 aromatic rings. The van der Waals surface area contributed by atoms with Crippen LogP contribution in [-0.4, -0.2) is 11.9 Å².